The number of carbonyl (C=O) groups excluding carboxylic acids is 1. The summed E-state index contributed by atoms with van der Waals surface area (Å²) in [5.74, 6) is -2.67. The van der Waals surface area contributed by atoms with Gasteiger partial charge in [0.25, 0.3) is 5.91 Å². The zero-order valence-corrected chi connectivity index (χ0v) is 11.1. The lowest BCUT2D eigenvalue weighted by atomic mass is 10.3. The normalized spacial score (nSPS) is 10.6. The highest BCUT2D eigenvalue weighted by molar-refractivity contribution is 5.93. The third kappa shape index (κ3) is 4.35. The van der Waals surface area contributed by atoms with Crippen LogP contribution in [0.5, 0.6) is 0 Å². The number of carboxylic acids is 1. The Labute approximate surface area is 114 Å². The van der Waals surface area contributed by atoms with E-state index in [1.807, 2.05) is 0 Å². The largest absolute Gasteiger partial charge is 0.480 e. The molecular weight excluding hydrogens is 270 g/mol. The predicted molar refractivity (Wildman–Crippen MR) is 67.5 cm³/mol. The second kappa shape index (κ2) is 6.66. The van der Waals surface area contributed by atoms with Gasteiger partial charge in [-0.3, -0.25) is 19.7 Å². The summed E-state index contributed by atoms with van der Waals surface area (Å²) in [5.41, 5.74) is 0. The molecule has 20 heavy (non-hydrogen) atoms. The fraction of sp³-hybridized carbons (Fsp3) is 0.455. The molecule has 1 heterocycles. The van der Waals surface area contributed by atoms with E-state index < -0.39 is 29.2 Å². The topological polar surface area (TPSA) is 117 Å². The van der Waals surface area contributed by atoms with Crippen LogP contribution in [0.3, 0.4) is 0 Å². The van der Waals surface area contributed by atoms with Crippen LogP contribution in [-0.2, 0) is 4.79 Å². The predicted octanol–water partition coefficient (Wildman–Crippen LogP) is 0.276. The van der Waals surface area contributed by atoms with Gasteiger partial charge in [-0.15, -0.1) is 0 Å². The van der Waals surface area contributed by atoms with Crippen LogP contribution in [0.2, 0.25) is 0 Å². The molecule has 1 aromatic heterocycles. The Morgan fingerprint density at radius 3 is 2.45 bits per heavy atom. The number of furan rings is 1. The van der Waals surface area contributed by atoms with Gasteiger partial charge in [0.2, 0.25) is 0 Å². The summed E-state index contributed by atoms with van der Waals surface area (Å²) in [6.45, 7) is 0.135. The Bertz CT molecular complexity index is 510. The Hall–Kier alpha value is -2.42. The molecule has 0 aliphatic heterocycles. The van der Waals surface area contributed by atoms with Gasteiger partial charge in [-0.25, -0.2) is 0 Å². The fourth-order valence-electron chi connectivity index (χ4n) is 1.43. The van der Waals surface area contributed by atoms with E-state index in [9.17, 15) is 19.7 Å². The smallest absolute Gasteiger partial charge is 0.433 e. The van der Waals surface area contributed by atoms with Crippen LogP contribution < -0.4 is 0 Å². The van der Waals surface area contributed by atoms with Gasteiger partial charge in [-0.05, 0) is 20.2 Å². The minimum Gasteiger partial charge on any atom is -0.480 e. The van der Waals surface area contributed by atoms with E-state index in [-0.39, 0.29) is 12.3 Å². The minimum absolute atomic E-state index is 0.173. The van der Waals surface area contributed by atoms with Crippen LogP contribution in [0.15, 0.2) is 16.5 Å². The highest BCUT2D eigenvalue weighted by Crippen LogP contribution is 2.17. The van der Waals surface area contributed by atoms with Crippen LogP contribution in [0.4, 0.5) is 5.88 Å². The van der Waals surface area contributed by atoms with Crippen LogP contribution >= 0.6 is 0 Å². The average Bonchev–Trinajstić information content (AvgIpc) is 2.82. The maximum Gasteiger partial charge on any atom is 0.433 e. The molecule has 1 aromatic rings. The first-order chi connectivity index (χ1) is 9.31. The number of hydrogen-bond donors (Lipinski definition) is 1. The third-order valence-electron chi connectivity index (χ3n) is 2.41. The molecule has 0 saturated heterocycles. The van der Waals surface area contributed by atoms with Gasteiger partial charge < -0.3 is 19.3 Å². The second-order valence-corrected chi connectivity index (χ2v) is 4.32. The molecule has 0 aliphatic carbocycles. The van der Waals surface area contributed by atoms with Crippen molar-refractivity contribution in [1.29, 1.82) is 0 Å². The molecule has 0 radical (unpaired) electrons. The molecule has 9 nitrogen and oxygen atoms in total. The number of rotatable bonds is 7. The average molecular weight is 285 g/mol. The molecule has 0 fully saturated rings. The quantitative estimate of drug-likeness (QED) is 0.564. The molecule has 110 valence electrons. The summed E-state index contributed by atoms with van der Waals surface area (Å²) in [6, 6.07) is 2.21. The summed E-state index contributed by atoms with van der Waals surface area (Å²) in [5, 5.41) is 19.3. The molecule has 1 N–H and O–H groups in total. The molecule has 0 atom stereocenters. The van der Waals surface area contributed by atoms with Crippen molar-refractivity contribution < 1.29 is 24.0 Å². The van der Waals surface area contributed by atoms with Crippen molar-refractivity contribution in [1.82, 2.24) is 9.80 Å². The summed E-state index contributed by atoms with van der Waals surface area (Å²) in [4.78, 5) is 35.4. The zero-order chi connectivity index (χ0) is 15.3. The first-order valence-electron chi connectivity index (χ1n) is 5.71. The van der Waals surface area contributed by atoms with E-state index in [1.54, 1.807) is 19.0 Å². The van der Waals surface area contributed by atoms with E-state index in [0.717, 1.165) is 17.0 Å². The van der Waals surface area contributed by atoms with Gasteiger partial charge in [0.05, 0.1) is 6.07 Å². The first-order valence-corrected chi connectivity index (χ1v) is 5.71. The summed E-state index contributed by atoms with van der Waals surface area (Å²) in [7, 11) is 3.56. The summed E-state index contributed by atoms with van der Waals surface area (Å²) in [6.07, 6.45) is 0. The maximum absolute atomic E-state index is 12.1. The van der Waals surface area contributed by atoms with Crippen molar-refractivity contribution in [2.75, 3.05) is 33.7 Å². The number of aliphatic carboxylic acids is 1. The van der Waals surface area contributed by atoms with Crippen molar-refractivity contribution in [3.8, 4) is 0 Å². The number of amides is 1. The van der Waals surface area contributed by atoms with Crippen LogP contribution in [0.1, 0.15) is 10.6 Å². The number of carbonyl (C=O) groups is 2. The molecule has 1 rings (SSSR count). The van der Waals surface area contributed by atoms with E-state index in [4.69, 9.17) is 9.52 Å². The van der Waals surface area contributed by atoms with Gasteiger partial charge in [0, 0.05) is 13.1 Å². The Morgan fingerprint density at radius 1 is 1.35 bits per heavy atom. The van der Waals surface area contributed by atoms with Gasteiger partial charge in [-0.2, -0.15) is 0 Å². The van der Waals surface area contributed by atoms with Crippen LogP contribution in [0.25, 0.3) is 0 Å². The number of nitro groups is 1. The first kappa shape index (κ1) is 15.6. The molecule has 0 bridgehead atoms. The number of carboxylic acid groups (broad SMARTS) is 1. The number of hydrogen-bond acceptors (Lipinski definition) is 6. The Balaban J connectivity index is 2.84. The Morgan fingerprint density at radius 2 is 2.00 bits per heavy atom. The van der Waals surface area contributed by atoms with E-state index >= 15 is 0 Å². The van der Waals surface area contributed by atoms with E-state index in [0.29, 0.717) is 6.54 Å². The molecule has 0 saturated carbocycles. The van der Waals surface area contributed by atoms with Crippen molar-refractivity contribution in [2.24, 2.45) is 0 Å². The van der Waals surface area contributed by atoms with E-state index in [2.05, 4.69) is 0 Å². The molecule has 9 heteroatoms. The number of likely N-dealkylation sites (N-methyl/N-ethyl adjacent to an activating group) is 1. The molecule has 0 spiro atoms. The monoisotopic (exact) mass is 285 g/mol. The van der Waals surface area contributed by atoms with Gasteiger partial charge in [0.15, 0.2) is 5.76 Å². The van der Waals surface area contributed by atoms with Gasteiger partial charge in [0.1, 0.15) is 11.5 Å². The van der Waals surface area contributed by atoms with Gasteiger partial charge in [-0.1, -0.05) is 0 Å². The molecule has 0 aromatic carbocycles. The zero-order valence-electron chi connectivity index (χ0n) is 11.1. The number of nitrogens with zero attached hydrogens (tertiary/aromatic N) is 3. The lowest BCUT2D eigenvalue weighted by Gasteiger charge is -2.21. The molecule has 0 aliphatic rings. The summed E-state index contributed by atoms with van der Waals surface area (Å²) >= 11 is 0. The highest BCUT2D eigenvalue weighted by Gasteiger charge is 2.24. The Kier molecular flexibility index (Phi) is 5.21. The lowest BCUT2D eigenvalue weighted by Crippen LogP contribution is -2.39. The lowest BCUT2D eigenvalue weighted by molar-refractivity contribution is -0.402. The SMILES string of the molecule is CN(C)CCN(CC(=O)O)C(=O)c1ccc([N+](=O)[O-])o1. The minimum atomic E-state index is -1.17. The molecule has 1 amide bonds. The molecular formula is C11H15N3O6. The van der Waals surface area contributed by atoms with Crippen LogP contribution in [-0.4, -0.2) is 65.4 Å². The summed E-state index contributed by atoms with van der Waals surface area (Å²) < 4.78 is 4.78. The third-order valence-corrected chi connectivity index (χ3v) is 2.41. The fourth-order valence-corrected chi connectivity index (χ4v) is 1.43. The van der Waals surface area contributed by atoms with Crippen LogP contribution in [0, 0.1) is 10.1 Å². The van der Waals surface area contributed by atoms with Crippen molar-refractivity contribution in [3.05, 3.63) is 28.0 Å². The van der Waals surface area contributed by atoms with Gasteiger partial charge >= 0.3 is 11.9 Å². The van der Waals surface area contributed by atoms with Crippen molar-refractivity contribution in [2.45, 2.75) is 0 Å². The highest BCUT2D eigenvalue weighted by atomic mass is 16.6. The standard InChI is InChI=1S/C11H15N3O6/c1-12(2)5-6-13(7-10(15)16)11(17)8-3-4-9(20-8)14(18)19/h3-4H,5-7H2,1-2H3,(H,15,16). The maximum atomic E-state index is 12.1. The van der Waals surface area contributed by atoms with E-state index in [1.165, 1.54) is 0 Å². The van der Waals surface area contributed by atoms with Crippen molar-refractivity contribution in [3.63, 3.8) is 0 Å². The second-order valence-electron chi connectivity index (χ2n) is 4.32. The molecule has 0 unspecified atom stereocenters. The van der Waals surface area contributed by atoms with Crippen molar-refractivity contribution >= 4 is 17.8 Å².